The highest BCUT2D eigenvalue weighted by molar-refractivity contribution is 6.00. The molecule has 0 saturated heterocycles. The van der Waals surface area contributed by atoms with E-state index < -0.39 is 5.97 Å². The van der Waals surface area contributed by atoms with Crippen molar-refractivity contribution in [1.29, 1.82) is 0 Å². The summed E-state index contributed by atoms with van der Waals surface area (Å²) in [7, 11) is 0. The van der Waals surface area contributed by atoms with Crippen LogP contribution in [0.5, 0.6) is 0 Å². The lowest BCUT2D eigenvalue weighted by Crippen LogP contribution is -2.27. The maximum atomic E-state index is 12.9. The van der Waals surface area contributed by atoms with Crippen LogP contribution in [0.15, 0.2) is 18.2 Å². The fraction of sp³-hybridized carbons (Fsp3) is 0.385. The predicted octanol–water partition coefficient (Wildman–Crippen LogP) is 1.99. The van der Waals surface area contributed by atoms with E-state index in [4.69, 9.17) is 4.74 Å². The van der Waals surface area contributed by atoms with E-state index in [1.807, 2.05) is 0 Å². The molecule has 0 aromatic heterocycles. The highest BCUT2D eigenvalue weighted by Crippen LogP contribution is 2.36. The third-order valence-electron chi connectivity index (χ3n) is 2.92. The summed E-state index contributed by atoms with van der Waals surface area (Å²) in [5.74, 6) is -1.20. The van der Waals surface area contributed by atoms with Crippen LogP contribution >= 0.6 is 0 Å². The van der Waals surface area contributed by atoms with Crippen molar-refractivity contribution in [3.63, 3.8) is 0 Å². The van der Waals surface area contributed by atoms with Gasteiger partial charge in [-0.25, -0.2) is 4.39 Å². The summed E-state index contributed by atoms with van der Waals surface area (Å²) in [6.45, 7) is 1.97. The molecule has 4 heteroatoms. The Bertz CT molecular complexity index is 468. The van der Waals surface area contributed by atoms with Crippen molar-refractivity contribution in [2.45, 2.75) is 25.7 Å². The van der Waals surface area contributed by atoms with Crippen LogP contribution in [0.25, 0.3) is 0 Å². The second-order valence-corrected chi connectivity index (χ2v) is 4.05. The van der Waals surface area contributed by atoms with Crippen LogP contribution in [-0.2, 0) is 20.7 Å². The van der Waals surface area contributed by atoms with E-state index in [2.05, 4.69) is 0 Å². The van der Waals surface area contributed by atoms with Crippen LogP contribution in [0.1, 0.15) is 30.4 Å². The number of carbonyl (C=O) groups excluding carboxylic acids is 2. The van der Waals surface area contributed by atoms with Gasteiger partial charge >= 0.3 is 5.97 Å². The van der Waals surface area contributed by atoms with Gasteiger partial charge in [-0.15, -0.1) is 0 Å². The molecular formula is C13H13FO3. The number of esters is 1. The first-order valence-electron chi connectivity index (χ1n) is 5.58. The van der Waals surface area contributed by atoms with Crippen LogP contribution in [-0.4, -0.2) is 18.4 Å². The number of carbonyl (C=O) groups is 2. The predicted molar refractivity (Wildman–Crippen MR) is 59.1 cm³/mol. The molecule has 1 aliphatic rings. The molecule has 0 radical (unpaired) electrons. The van der Waals surface area contributed by atoms with Gasteiger partial charge in [0.1, 0.15) is 12.2 Å². The third kappa shape index (κ3) is 2.35. The van der Waals surface area contributed by atoms with Crippen LogP contribution in [0.2, 0.25) is 0 Å². The van der Waals surface area contributed by atoms with Crippen molar-refractivity contribution >= 4 is 11.8 Å². The molecule has 0 heterocycles. The Labute approximate surface area is 98.6 Å². The van der Waals surface area contributed by atoms with E-state index >= 15 is 0 Å². The van der Waals surface area contributed by atoms with E-state index in [1.54, 1.807) is 13.0 Å². The molecule has 1 aliphatic carbocycles. The van der Waals surface area contributed by atoms with Crippen molar-refractivity contribution in [2.75, 3.05) is 6.61 Å². The molecule has 1 unspecified atom stereocenters. The van der Waals surface area contributed by atoms with Gasteiger partial charge < -0.3 is 4.74 Å². The summed E-state index contributed by atoms with van der Waals surface area (Å²) >= 11 is 0. The van der Waals surface area contributed by atoms with Gasteiger partial charge in [-0.3, -0.25) is 9.59 Å². The molecule has 0 saturated carbocycles. The Morgan fingerprint density at radius 1 is 1.47 bits per heavy atom. The highest BCUT2D eigenvalue weighted by Gasteiger charge is 2.33. The summed E-state index contributed by atoms with van der Waals surface area (Å²) in [6, 6.07) is 4.38. The molecule has 2 rings (SSSR count). The summed E-state index contributed by atoms with van der Waals surface area (Å²) in [5.41, 5.74) is 1.69. The number of fused-ring (bicyclic) bond motifs is 1. The van der Waals surface area contributed by atoms with Gasteiger partial charge in [0.05, 0.1) is 6.61 Å². The molecule has 1 aromatic carbocycles. The van der Waals surface area contributed by atoms with Gasteiger partial charge in [-0.2, -0.15) is 0 Å². The maximum Gasteiger partial charge on any atom is 0.313 e. The quantitative estimate of drug-likeness (QED) is 0.593. The number of hydrogen-bond acceptors (Lipinski definition) is 3. The Hall–Kier alpha value is -1.71. The van der Waals surface area contributed by atoms with Crippen molar-refractivity contribution < 1.29 is 18.7 Å². The number of rotatable bonds is 4. The first kappa shape index (κ1) is 11.8. The Balaban J connectivity index is 2.00. The topological polar surface area (TPSA) is 43.4 Å². The highest BCUT2D eigenvalue weighted by atomic mass is 19.1. The monoisotopic (exact) mass is 236 g/mol. The summed E-state index contributed by atoms with van der Waals surface area (Å²) in [5, 5.41) is 0. The second-order valence-electron chi connectivity index (χ2n) is 4.05. The zero-order chi connectivity index (χ0) is 12.4. The number of ketones is 1. The Morgan fingerprint density at radius 2 is 2.24 bits per heavy atom. The number of ether oxygens (including phenoxy) is 1. The van der Waals surface area contributed by atoms with E-state index in [9.17, 15) is 14.0 Å². The molecule has 0 amide bonds. The fourth-order valence-electron chi connectivity index (χ4n) is 2.05. The molecule has 1 aromatic rings. The summed E-state index contributed by atoms with van der Waals surface area (Å²) in [4.78, 5) is 22.9. The van der Waals surface area contributed by atoms with Crippen LogP contribution in [0, 0.1) is 5.82 Å². The first-order valence-corrected chi connectivity index (χ1v) is 5.58. The second kappa shape index (κ2) is 4.65. The zero-order valence-electron chi connectivity index (χ0n) is 9.53. The fourth-order valence-corrected chi connectivity index (χ4v) is 2.05. The van der Waals surface area contributed by atoms with Crippen LogP contribution in [0.3, 0.4) is 0 Å². The molecule has 0 spiro atoms. The largest absolute Gasteiger partial charge is 0.466 e. The molecule has 0 fully saturated rings. The Kier molecular flexibility index (Phi) is 3.22. The zero-order valence-corrected chi connectivity index (χ0v) is 9.53. The first-order chi connectivity index (χ1) is 8.11. The van der Waals surface area contributed by atoms with Gasteiger partial charge in [0.2, 0.25) is 0 Å². The smallest absolute Gasteiger partial charge is 0.313 e. The van der Waals surface area contributed by atoms with Crippen molar-refractivity contribution in [3.8, 4) is 0 Å². The van der Waals surface area contributed by atoms with E-state index in [0.717, 1.165) is 11.1 Å². The maximum absolute atomic E-state index is 12.9. The average Bonchev–Trinajstić information content (AvgIpc) is 2.22. The van der Waals surface area contributed by atoms with Gasteiger partial charge in [-0.1, -0.05) is 6.07 Å². The number of Topliss-reactive ketones (excluding diaryl/α,β-unsaturated/α-hetero) is 1. The molecule has 17 heavy (non-hydrogen) atoms. The van der Waals surface area contributed by atoms with Gasteiger partial charge in [0.25, 0.3) is 0 Å². The SMILES string of the molecule is CCOC(=O)CC(=O)C1Cc2cc(F)ccc21. The molecule has 0 N–H and O–H groups in total. The van der Waals surface area contributed by atoms with Gasteiger partial charge in [-0.05, 0) is 36.6 Å². The van der Waals surface area contributed by atoms with Gasteiger partial charge in [0.15, 0.2) is 5.78 Å². The molecule has 0 aliphatic heterocycles. The normalized spacial score (nSPS) is 16.9. The minimum Gasteiger partial charge on any atom is -0.466 e. The minimum atomic E-state index is -0.493. The molecule has 0 bridgehead atoms. The van der Waals surface area contributed by atoms with Gasteiger partial charge in [0, 0.05) is 5.92 Å². The summed E-state index contributed by atoms with van der Waals surface area (Å²) < 4.78 is 17.6. The summed E-state index contributed by atoms with van der Waals surface area (Å²) in [6.07, 6.45) is 0.320. The number of halogens is 1. The lowest BCUT2D eigenvalue weighted by Gasteiger charge is -2.28. The average molecular weight is 236 g/mol. The van der Waals surface area contributed by atoms with Crippen molar-refractivity contribution in [1.82, 2.24) is 0 Å². The molecule has 90 valence electrons. The van der Waals surface area contributed by atoms with Crippen molar-refractivity contribution in [2.24, 2.45) is 0 Å². The van der Waals surface area contributed by atoms with E-state index in [1.165, 1.54) is 12.1 Å². The molecule has 1 atom stereocenters. The number of hydrogen-bond donors (Lipinski definition) is 0. The third-order valence-corrected chi connectivity index (χ3v) is 2.92. The van der Waals surface area contributed by atoms with Crippen LogP contribution in [0.4, 0.5) is 4.39 Å². The number of benzene rings is 1. The molecular weight excluding hydrogens is 223 g/mol. The van der Waals surface area contributed by atoms with Crippen molar-refractivity contribution in [3.05, 3.63) is 35.1 Å². The van der Waals surface area contributed by atoms with E-state index in [0.29, 0.717) is 6.42 Å². The lowest BCUT2D eigenvalue weighted by molar-refractivity contribution is -0.145. The standard InChI is InChI=1S/C13H13FO3/c1-2-17-13(16)7-12(15)11-6-8-5-9(14)3-4-10(8)11/h3-5,11H,2,6-7H2,1H3. The lowest BCUT2D eigenvalue weighted by atomic mass is 9.74. The Morgan fingerprint density at radius 3 is 2.88 bits per heavy atom. The van der Waals surface area contributed by atoms with Crippen LogP contribution < -0.4 is 0 Å². The molecule has 3 nitrogen and oxygen atoms in total. The van der Waals surface area contributed by atoms with E-state index in [-0.39, 0.29) is 30.5 Å². The minimum absolute atomic E-state index is 0.150.